The minimum absolute atomic E-state index is 0.0387. The molecule has 11 atom stereocenters. The summed E-state index contributed by atoms with van der Waals surface area (Å²) < 4.78 is 0.844. The molecule has 1 heterocycles. The van der Waals surface area contributed by atoms with E-state index < -0.39 is 12.2 Å². The van der Waals surface area contributed by atoms with Crippen LogP contribution in [0.4, 0.5) is 0 Å². The molecule has 8 nitrogen and oxygen atoms in total. The summed E-state index contributed by atoms with van der Waals surface area (Å²) in [5.41, 5.74) is 0.806. The molecular formula is C39H51BrN2O6. The van der Waals surface area contributed by atoms with Crippen LogP contribution in [-0.4, -0.2) is 69.3 Å². The number of aliphatic hydroxyl groups excluding tert-OH is 3. The molecule has 4 aliphatic carbocycles. The molecule has 0 aromatic heterocycles. The summed E-state index contributed by atoms with van der Waals surface area (Å²) in [5.74, 6) is 0.893. The number of hydrogen-bond acceptors (Lipinski definition) is 6. The molecule has 0 radical (unpaired) electrons. The van der Waals surface area contributed by atoms with Crippen LogP contribution in [0.2, 0.25) is 0 Å². The van der Waals surface area contributed by atoms with Gasteiger partial charge < -0.3 is 20.6 Å². The number of rotatable bonds is 8. The monoisotopic (exact) mass is 722 g/mol. The minimum atomic E-state index is -0.442. The molecule has 260 valence electrons. The summed E-state index contributed by atoms with van der Waals surface area (Å²) in [4.78, 5) is 40.7. The summed E-state index contributed by atoms with van der Waals surface area (Å²) in [6, 6.07) is 9.08. The van der Waals surface area contributed by atoms with E-state index in [2.05, 4.69) is 42.0 Å². The Labute approximate surface area is 292 Å². The molecule has 1 aliphatic heterocycles. The minimum Gasteiger partial charge on any atom is -0.393 e. The molecule has 2 aromatic rings. The van der Waals surface area contributed by atoms with Crippen LogP contribution in [0.3, 0.4) is 0 Å². The second kappa shape index (κ2) is 12.8. The highest BCUT2D eigenvalue weighted by atomic mass is 79.9. The van der Waals surface area contributed by atoms with Crippen molar-refractivity contribution in [1.82, 2.24) is 10.2 Å². The molecule has 3 amide bonds. The Morgan fingerprint density at radius 2 is 1.75 bits per heavy atom. The van der Waals surface area contributed by atoms with Crippen LogP contribution in [0.15, 0.2) is 34.8 Å². The summed E-state index contributed by atoms with van der Waals surface area (Å²) in [6.45, 7) is 7.43. The Bertz CT molecular complexity index is 1590. The Balaban J connectivity index is 0.922. The van der Waals surface area contributed by atoms with Crippen molar-refractivity contribution >= 4 is 44.4 Å². The molecule has 0 spiro atoms. The number of carbonyl (C=O) groups excluding carboxylic acids is 3. The fourth-order valence-corrected chi connectivity index (χ4v) is 12.0. The number of fused-ring (bicyclic) bond motifs is 5. The predicted octanol–water partition coefficient (Wildman–Crippen LogP) is 6.08. The van der Waals surface area contributed by atoms with Gasteiger partial charge in [-0.3, -0.25) is 19.3 Å². The van der Waals surface area contributed by atoms with Crippen molar-refractivity contribution in [2.75, 3.05) is 13.1 Å². The van der Waals surface area contributed by atoms with E-state index in [0.29, 0.717) is 48.2 Å². The van der Waals surface area contributed by atoms with E-state index in [9.17, 15) is 29.7 Å². The van der Waals surface area contributed by atoms with Gasteiger partial charge in [-0.2, -0.15) is 0 Å². The third kappa shape index (κ3) is 5.37. The molecule has 5 aliphatic rings. The number of hydrogen-bond donors (Lipinski definition) is 4. The highest BCUT2D eigenvalue weighted by Gasteiger charge is 2.65. The quantitative estimate of drug-likeness (QED) is 0.193. The lowest BCUT2D eigenvalue weighted by atomic mass is 9.43. The topological polar surface area (TPSA) is 127 Å². The van der Waals surface area contributed by atoms with E-state index in [0.717, 1.165) is 54.8 Å². The molecule has 0 bridgehead atoms. The number of nitrogens with one attached hydrogen (secondary N) is 1. The van der Waals surface area contributed by atoms with Gasteiger partial charge in [0.1, 0.15) is 0 Å². The number of aliphatic hydroxyl groups is 3. The molecule has 7 rings (SSSR count). The Hall–Kier alpha value is -2.33. The SMILES string of the molecule is CC(CCC(=O)NCCCN1C(=O)c2cccc3c(Br)ccc(c23)C1=O)C1CCC2C3C(O)CC4CC(O)CCC4(C)C3CC(O)C12C. The Kier molecular flexibility index (Phi) is 9.08. The standard InChI is InChI=1S/C39H51BrN2O6/c1-21(27-10-11-28-35-29(20-32(45)39(27,28)3)38(2)15-14-23(43)18-22(38)19-31(35)44)8-13-33(46)41-16-5-17-42-36(47)25-7-4-6-24-30(40)12-9-26(34(24)25)37(42)48/h4,6-7,9,12,21-23,27-29,31-32,35,43-45H,5,8,10-11,13-20H2,1-3H3,(H,41,46). The number of amides is 3. The maximum Gasteiger partial charge on any atom is 0.261 e. The third-order valence-electron chi connectivity index (χ3n) is 14.2. The zero-order valence-corrected chi connectivity index (χ0v) is 30.0. The second-order valence-electron chi connectivity index (χ2n) is 16.3. The van der Waals surface area contributed by atoms with E-state index in [4.69, 9.17) is 0 Å². The Morgan fingerprint density at radius 1 is 1.00 bits per heavy atom. The van der Waals surface area contributed by atoms with E-state index >= 15 is 0 Å². The van der Waals surface area contributed by atoms with E-state index in [-0.39, 0.29) is 70.8 Å². The number of carbonyl (C=O) groups is 3. The lowest BCUT2D eigenvalue weighted by Crippen LogP contribution is -2.62. The van der Waals surface area contributed by atoms with Crippen LogP contribution < -0.4 is 5.32 Å². The van der Waals surface area contributed by atoms with Gasteiger partial charge in [0.15, 0.2) is 0 Å². The molecule has 0 saturated heterocycles. The number of benzene rings is 2. The van der Waals surface area contributed by atoms with Crippen molar-refractivity contribution in [2.45, 2.75) is 103 Å². The van der Waals surface area contributed by atoms with Gasteiger partial charge in [0.05, 0.1) is 18.3 Å². The first-order valence-corrected chi connectivity index (χ1v) is 19.0. The normalized spacial score (nSPS) is 37.9. The van der Waals surface area contributed by atoms with Crippen molar-refractivity contribution in [3.63, 3.8) is 0 Å². The first-order valence-electron chi connectivity index (χ1n) is 18.2. The highest BCUT2D eigenvalue weighted by Crippen LogP contribution is 2.68. The molecule has 9 heteroatoms. The van der Waals surface area contributed by atoms with Gasteiger partial charge >= 0.3 is 0 Å². The predicted molar refractivity (Wildman–Crippen MR) is 187 cm³/mol. The summed E-state index contributed by atoms with van der Waals surface area (Å²) in [5, 5.41) is 38.3. The molecule has 48 heavy (non-hydrogen) atoms. The maximum atomic E-state index is 13.3. The van der Waals surface area contributed by atoms with E-state index in [1.54, 1.807) is 12.1 Å². The second-order valence-corrected chi connectivity index (χ2v) is 17.2. The van der Waals surface area contributed by atoms with Crippen LogP contribution >= 0.6 is 15.9 Å². The zero-order valence-electron chi connectivity index (χ0n) is 28.5. The van der Waals surface area contributed by atoms with Gasteiger partial charge in [0, 0.05) is 40.5 Å². The van der Waals surface area contributed by atoms with Crippen LogP contribution in [-0.2, 0) is 4.79 Å². The maximum absolute atomic E-state index is 13.3. The molecule has 4 fully saturated rings. The fraction of sp³-hybridized carbons (Fsp3) is 0.667. The van der Waals surface area contributed by atoms with Crippen molar-refractivity contribution in [2.24, 2.45) is 46.3 Å². The molecular weight excluding hydrogens is 672 g/mol. The number of imide groups is 1. The Morgan fingerprint density at radius 3 is 2.52 bits per heavy atom. The molecule has 4 saturated carbocycles. The zero-order chi connectivity index (χ0) is 34.1. The van der Waals surface area contributed by atoms with Gasteiger partial charge in [0.25, 0.3) is 11.8 Å². The number of nitrogens with zero attached hydrogens (tertiary/aromatic N) is 1. The van der Waals surface area contributed by atoms with Crippen LogP contribution in [0.1, 0.15) is 106 Å². The van der Waals surface area contributed by atoms with Crippen LogP contribution in [0.5, 0.6) is 0 Å². The van der Waals surface area contributed by atoms with Gasteiger partial charge in [-0.15, -0.1) is 0 Å². The third-order valence-corrected chi connectivity index (χ3v) is 14.9. The van der Waals surface area contributed by atoms with Crippen molar-refractivity contribution in [3.8, 4) is 0 Å². The first kappa shape index (κ1) is 34.1. The van der Waals surface area contributed by atoms with E-state index in [1.807, 2.05) is 18.2 Å². The van der Waals surface area contributed by atoms with Gasteiger partial charge in [-0.25, -0.2) is 0 Å². The first-order chi connectivity index (χ1) is 22.9. The van der Waals surface area contributed by atoms with Crippen molar-refractivity contribution in [1.29, 1.82) is 0 Å². The summed E-state index contributed by atoms with van der Waals surface area (Å²) in [7, 11) is 0. The lowest BCUT2D eigenvalue weighted by Gasteiger charge is -2.63. The average molecular weight is 724 g/mol. The van der Waals surface area contributed by atoms with Gasteiger partial charge in [-0.1, -0.05) is 48.8 Å². The molecule has 4 N–H and O–H groups in total. The van der Waals surface area contributed by atoms with Crippen molar-refractivity contribution < 1.29 is 29.7 Å². The fourth-order valence-electron chi connectivity index (χ4n) is 11.6. The van der Waals surface area contributed by atoms with Crippen LogP contribution in [0, 0.1) is 46.3 Å². The smallest absolute Gasteiger partial charge is 0.261 e. The molecule has 2 aromatic carbocycles. The van der Waals surface area contributed by atoms with E-state index in [1.165, 1.54) is 4.90 Å². The van der Waals surface area contributed by atoms with Gasteiger partial charge in [0.2, 0.25) is 5.91 Å². The average Bonchev–Trinajstić information content (AvgIpc) is 3.42. The lowest BCUT2D eigenvalue weighted by molar-refractivity contribution is -0.207. The molecule has 11 unspecified atom stereocenters. The highest BCUT2D eigenvalue weighted by molar-refractivity contribution is 9.10. The number of halogens is 1. The summed E-state index contributed by atoms with van der Waals surface area (Å²) in [6.07, 6.45) is 6.46. The van der Waals surface area contributed by atoms with Crippen LogP contribution in [0.25, 0.3) is 10.8 Å². The van der Waals surface area contributed by atoms with Gasteiger partial charge in [-0.05, 0) is 128 Å². The largest absolute Gasteiger partial charge is 0.393 e. The van der Waals surface area contributed by atoms with Crippen molar-refractivity contribution in [3.05, 3.63) is 45.9 Å². The summed E-state index contributed by atoms with van der Waals surface area (Å²) >= 11 is 3.52.